The molecule has 0 bridgehead atoms. The molecule has 0 heterocycles. The van der Waals surface area contributed by atoms with Gasteiger partial charge in [0, 0.05) is 6.07 Å². The van der Waals surface area contributed by atoms with Crippen molar-refractivity contribution in [1.82, 2.24) is 0 Å². The second-order valence-corrected chi connectivity index (χ2v) is 5.73. The maximum Gasteiger partial charge on any atom is 0.133 e. The van der Waals surface area contributed by atoms with Gasteiger partial charge in [-0.15, -0.1) is 0 Å². The van der Waals surface area contributed by atoms with Gasteiger partial charge >= 0.3 is 0 Å². The zero-order chi connectivity index (χ0) is 14.0. The lowest BCUT2D eigenvalue weighted by molar-refractivity contribution is 0.412. The molecule has 0 aromatic heterocycles. The Morgan fingerprint density at radius 1 is 1.00 bits per heavy atom. The van der Waals surface area contributed by atoms with Crippen LogP contribution < -0.4 is 4.74 Å². The van der Waals surface area contributed by atoms with E-state index in [0.717, 1.165) is 16.1 Å². The van der Waals surface area contributed by atoms with Crippen molar-refractivity contribution in [3.05, 3.63) is 63.6 Å². The number of alkyl halides is 1. The van der Waals surface area contributed by atoms with Crippen LogP contribution in [0.15, 0.2) is 40.9 Å². The molecule has 2 rings (SSSR count). The maximum atomic E-state index is 13.2. The highest BCUT2D eigenvalue weighted by molar-refractivity contribution is 9.10. The Morgan fingerprint density at radius 3 is 2.16 bits per heavy atom. The summed E-state index contributed by atoms with van der Waals surface area (Å²) >= 11 is 6.83. The smallest absolute Gasteiger partial charge is 0.133 e. The van der Waals surface area contributed by atoms with E-state index in [1.54, 1.807) is 13.2 Å². The fraction of sp³-hybridized carbons (Fsp3) is 0.143. The molecule has 0 saturated carbocycles. The first-order chi connectivity index (χ1) is 9.01. The minimum atomic E-state index is -0.591. The Balaban J connectivity index is 2.38. The van der Waals surface area contributed by atoms with Crippen LogP contribution in [-0.2, 0) is 0 Å². The summed E-state index contributed by atoms with van der Waals surface area (Å²) < 4.78 is 32.4. The molecular weight excluding hydrogens is 382 g/mol. The molecule has 19 heavy (non-hydrogen) atoms. The first-order valence-corrected chi connectivity index (χ1v) is 7.15. The van der Waals surface area contributed by atoms with Crippen LogP contribution in [0.4, 0.5) is 8.78 Å². The van der Waals surface area contributed by atoms with Gasteiger partial charge in [-0.3, -0.25) is 0 Å². The van der Waals surface area contributed by atoms with E-state index in [9.17, 15) is 8.78 Å². The zero-order valence-electron chi connectivity index (χ0n) is 9.96. The highest BCUT2D eigenvalue weighted by Gasteiger charge is 2.14. The molecular formula is C14H10Br2F2O. The molecule has 0 radical (unpaired) electrons. The lowest BCUT2D eigenvalue weighted by Gasteiger charge is -2.13. The van der Waals surface area contributed by atoms with E-state index in [-0.39, 0.29) is 4.83 Å². The largest absolute Gasteiger partial charge is 0.496 e. The summed E-state index contributed by atoms with van der Waals surface area (Å²) in [6, 6.07) is 8.95. The molecule has 1 nitrogen and oxygen atoms in total. The molecule has 2 aromatic carbocycles. The van der Waals surface area contributed by atoms with Crippen LogP contribution in [0.5, 0.6) is 5.75 Å². The maximum absolute atomic E-state index is 13.2. The van der Waals surface area contributed by atoms with Gasteiger partial charge in [0.05, 0.1) is 16.4 Å². The number of halogens is 4. The fourth-order valence-electron chi connectivity index (χ4n) is 1.75. The third kappa shape index (κ3) is 3.34. The molecule has 0 spiro atoms. The van der Waals surface area contributed by atoms with Crippen molar-refractivity contribution >= 4 is 31.9 Å². The molecule has 0 amide bonds. The van der Waals surface area contributed by atoms with Crippen molar-refractivity contribution in [2.45, 2.75) is 4.83 Å². The average Bonchev–Trinajstić information content (AvgIpc) is 2.36. The third-order valence-electron chi connectivity index (χ3n) is 2.65. The van der Waals surface area contributed by atoms with Gasteiger partial charge in [0.1, 0.15) is 17.4 Å². The van der Waals surface area contributed by atoms with Crippen molar-refractivity contribution in [3.8, 4) is 5.75 Å². The second-order valence-electron chi connectivity index (χ2n) is 3.96. The highest BCUT2D eigenvalue weighted by atomic mass is 79.9. The summed E-state index contributed by atoms with van der Waals surface area (Å²) in [5.74, 6) is -0.479. The molecule has 2 aromatic rings. The topological polar surface area (TPSA) is 9.23 Å². The van der Waals surface area contributed by atoms with Crippen molar-refractivity contribution in [2.24, 2.45) is 0 Å². The summed E-state index contributed by atoms with van der Waals surface area (Å²) in [6.07, 6.45) is 0. The van der Waals surface area contributed by atoms with Gasteiger partial charge in [-0.05, 0) is 51.3 Å². The molecule has 0 aliphatic heterocycles. The van der Waals surface area contributed by atoms with Crippen LogP contribution in [0.1, 0.15) is 16.0 Å². The normalized spacial score (nSPS) is 12.3. The van der Waals surface area contributed by atoms with Crippen molar-refractivity contribution in [1.29, 1.82) is 0 Å². The summed E-state index contributed by atoms with van der Waals surface area (Å²) in [4.78, 5) is -0.292. The first kappa shape index (κ1) is 14.5. The van der Waals surface area contributed by atoms with Gasteiger partial charge < -0.3 is 4.74 Å². The minimum Gasteiger partial charge on any atom is -0.496 e. The number of hydrogen-bond acceptors (Lipinski definition) is 1. The summed E-state index contributed by atoms with van der Waals surface area (Å²) in [5.41, 5.74) is 1.40. The van der Waals surface area contributed by atoms with Gasteiger partial charge in [-0.1, -0.05) is 22.0 Å². The standard InChI is InChI=1S/C14H10Br2F2O/c1-19-13-3-2-8(6-12(13)15)14(16)9-4-10(17)7-11(18)5-9/h2-7,14H,1H3. The van der Waals surface area contributed by atoms with Gasteiger partial charge in [-0.25, -0.2) is 8.78 Å². The van der Waals surface area contributed by atoms with Crippen molar-refractivity contribution < 1.29 is 13.5 Å². The lowest BCUT2D eigenvalue weighted by Crippen LogP contribution is -1.96. The number of ether oxygens (including phenoxy) is 1. The molecule has 0 fully saturated rings. The average molecular weight is 392 g/mol. The van der Waals surface area contributed by atoms with E-state index in [4.69, 9.17) is 4.74 Å². The van der Waals surface area contributed by atoms with Crippen LogP contribution in [0.25, 0.3) is 0 Å². The van der Waals surface area contributed by atoms with Crippen LogP contribution in [-0.4, -0.2) is 7.11 Å². The first-order valence-electron chi connectivity index (χ1n) is 5.44. The monoisotopic (exact) mass is 390 g/mol. The van der Waals surface area contributed by atoms with Crippen molar-refractivity contribution in [3.63, 3.8) is 0 Å². The highest BCUT2D eigenvalue weighted by Crippen LogP contribution is 2.35. The molecule has 1 atom stereocenters. The van der Waals surface area contributed by atoms with E-state index in [2.05, 4.69) is 31.9 Å². The van der Waals surface area contributed by atoms with Crippen LogP contribution in [0.2, 0.25) is 0 Å². The molecule has 100 valence electrons. The Morgan fingerprint density at radius 2 is 1.63 bits per heavy atom. The number of benzene rings is 2. The molecule has 0 aliphatic rings. The zero-order valence-corrected chi connectivity index (χ0v) is 13.1. The summed E-state index contributed by atoms with van der Waals surface area (Å²) in [6.45, 7) is 0. The van der Waals surface area contributed by atoms with Crippen LogP contribution in [0.3, 0.4) is 0 Å². The number of methoxy groups -OCH3 is 1. The summed E-state index contributed by atoms with van der Waals surface area (Å²) in [7, 11) is 1.58. The third-order valence-corrected chi connectivity index (χ3v) is 4.32. The van der Waals surface area contributed by atoms with Crippen LogP contribution >= 0.6 is 31.9 Å². The predicted octanol–water partition coefficient (Wildman–Crippen LogP) is 5.22. The van der Waals surface area contributed by atoms with E-state index < -0.39 is 11.6 Å². The van der Waals surface area contributed by atoms with Gasteiger partial charge in [0.15, 0.2) is 0 Å². The molecule has 0 aliphatic carbocycles. The summed E-state index contributed by atoms with van der Waals surface area (Å²) in [5, 5.41) is 0. The second kappa shape index (κ2) is 6.01. The molecule has 0 N–H and O–H groups in total. The van der Waals surface area contributed by atoms with Gasteiger partial charge in [0.25, 0.3) is 0 Å². The van der Waals surface area contributed by atoms with E-state index in [1.165, 1.54) is 12.1 Å². The van der Waals surface area contributed by atoms with Gasteiger partial charge in [-0.2, -0.15) is 0 Å². The SMILES string of the molecule is COc1ccc(C(Br)c2cc(F)cc(F)c2)cc1Br. The van der Waals surface area contributed by atoms with Crippen molar-refractivity contribution in [2.75, 3.05) is 7.11 Å². The number of rotatable bonds is 3. The Hall–Kier alpha value is -0.940. The Labute approximate surface area is 126 Å². The van der Waals surface area contributed by atoms with E-state index in [0.29, 0.717) is 11.3 Å². The van der Waals surface area contributed by atoms with Gasteiger partial charge in [0.2, 0.25) is 0 Å². The quantitative estimate of drug-likeness (QED) is 0.651. The Bertz CT molecular complexity index is 582. The minimum absolute atomic E-state index is 0.292. The Kier molecular flexibility index (Phi) is 4.58. The van der Waals surface area contributed by atoms with E-state index in [1.807, 2.05) is 12.1 Å². The van der Waals surface area contributed by atoms with Crippen LogP contribution in [0, 0.1) is 11.6 Å². The number of hydrogen-bond donors (Lipinski definition) is 0. The lowest BCUT2D eigenvalue weighted by atomic mass is 10.0. The molecule has 5 heteroatoms. The predicted molar refractivity (Wildman–Crippen MR) is 77.8 cm³/mol. The fourth-order valence-corrected chi connectivity index (χ4v) is 2.86. The van der Waals surface area contributed by atoms with E-state index >= 15 is 0 Å². The molecule has 1 unspecified atom stereocenters. The molecule has 0 saturated heterocycles.